The van der Waals surface area contributed by atoms with Crippen molar-refractivity contribution in [3.05, 3.63) is 11.8 Å². The summed E-state index contributed by atoms with van der Waals surface area (Å²) in [5.74, 6) is -0.0158. The van der Waals surface area contributed by atoms with Crippen molar-refractivity contribution in [2.75, 3.05) is 12.4 Å². The van der Waals surface area contributed by atoms with E-state index in [1.54, 1.807) is 0 Å². The molecule has 1 heterocycles. The maximum atomic E-state index is 12.5. The standard InChI is InChI=1S/C9H12F3N3S/c1-5(2)16-7-4-6(9(10,11)12)14-8(13-3)15-7/h4-5H,1-3H3,(H,13,14,15). The van der Waals surface area contributed by atoms with Gasteiger partial charge in [-0.05, 0) is 0 Å². The fourth-order valence-corrected chi connectivity index (χ4v) is 1.79. The molecule has 0 radical (unpaired) electrons. The molecule has 1 aromatic rings. The van der Waals surface area contributed by atoms with E-state index < -0.39 is 11.9 Å². The zero-order valence-corrected chi connectivity index (χ0v) is 9.91. The van der Waals surface area contributed by atoms with Crippen LogP contribution in [0.15, 0.2) is 11.1 Å². The van der Waals surface area contributed by atoms with Gasteiger partial charge < -0.3 is 5.32 Å². The molecule has 0 aliphatic carbocycles. The maximum Gasteiger partial charge on any atom is 0.433 e. The Balaban J connectivity index is 3.11. The molecule has 7 heteroatoms. The van der Waals surface area contributed by atoms with E-state index in [9.17, 15) is 13.2 Å². The van der Waals surface area contributed by atoms with Crippen LogP contribution in [0.2, 0.25) is 0 Å². The molecule has 0 aromatic carbocycles. The second-order valence-corrected chi connectivity index (χ2v) is 4.93. The Hall–Kier alpha value is -0.980. The molecule has 0 atom stereocenters. The second kappa shape index (κ2) is 4.90. The fraction of sp³-hybridized carbons (Fsp3) is 0.556. The summed E-state index contributed by atoms with van der Waals surface area (Å²) < 4.78 is 37.5. The summed E-state index contributed by atoms with van der Waals surface area (Å²) in [7, 11) is 1.49. The zero-order valence-electron chi connectivity index (χ0n) is 9.09. The van der Waals surface area contributed by atoms with Crippen molar-refractivity contribution in [3.8, 4) is 0 Å². The molecule has 0 spiro atoms. The van der Waals surface area contributed by atoms with E-state index in [1.807, 2.05) is 13.8 Å². The van der Waals surface area contributed by atoms with Crippen LogP contribution in [0.25, 0.3) is 0 Å². The summed E-state index contributed by atoms with van der Waals surface area (Å²) >= 11 is 1.27. The Labute approximate surface area is 95.9 Å². The highest BCUT2D eigenvalue weighted by Crippen LogP contribution is 2.31. The minimum atomic E-state index is -4.44. The summed E-state index contributed by atoms with van der Waals surface area (Å²) in [6, 6.07) is 0.964. The topological polar surface area (TPSA) is 37.8 Å². The number of anilines is 1. The van der Waals surface area contributed by atoms with Gasteiger partial charge in [0.25, 0.3) is 0 Å². The number of nitrogens with zero attached hydrogens (tertiary/aromatic N) is 2. The summed E-state index contributed by atoms with van der Waals surface area (Å²) in [4.78, 5) is 7.32. The highest BCUT2D eigenvalue weighted by atomic mass is 32.2. The Morgan fingerprint density at radius 2 is 1.94 bits per heavy atom. The Morgan fingerprint density at radius 3 is 2.38 bits per heavy atom. The normalized spacial score (nSPS) is 11.9. The van der Waals surface area contributed by atoms with Gasteiger partial charge in [0.15, 0.2) is 5.69 Å². The Bertz CT molecular complexity index is 366. The molecule has 0 aliphatic heterocycles. The first kappa shape index (κ1) is 13.1. The molecule has 90 valence electrons. The minimum absolute atomic E-state index is 0.0158. The van der Waals surface area contributed by atoms with Gasteiger partial charge in [-0.15, -0.1) is 11.8 Å². The van der Waals surface area contributed by atoms with Gasteiger partial charge in [0.2, 0.25) is 5.95 Å². The summed E-state index contributed by atoms with van der Waals surface area (Å²) in [6.45, 7) is 3.78. The molecule has 0 saturated carbocycles. The highest BCUT2D eigenvalue weighted by Gasteiger charge is 2.33. The van der Waals surface area contributed by atoms with Crippen LogP contribution >= 0.6 is 11.8 Å². The average molecular weight is 251 g/mol. The lowest BCUT2D eigenvalue weighted by Crippen LogP contribution is -2.11. The van der Waals surface area contributed by atoms with E-state index in [0.29, 0.717) is 5.03 Å². The van der Waals surface area contributed by atoms with Gasteiger partial charge in [0.1, 0.15) is 5.03 Å². The lowest BCUT2D eigenvalue weighted by atomic mass is 10.4. The quantitative estimate of drug-likeness (QED) is 0.662. The predicted octanol–water partition coefficient (Wildman–Crippen LogP) is 3.04. The minimum Gasteiger partial charge on any atom is -0.357 e. The van der Waals surface area contributed by atoms with E-state index in [2.05, 4.69) is 15.3 Å². The predicted molar refractivity (Wildman–Crippen MR) is 57.6 cm³/mol. The number of thioether (sulfide) groups is 1. The van der Waals surface area contributed by atoms with Crippen LogP contribution in [0.5, 0.6) is 0 Å². The number of hydrogen-bond donors (Lipinski definition) is 1. The van der Waals surface area contributed by atoms with Crippen LogP contribution in [0.3, 0.4) is 0 Å². The lowest BCUT2D eigenvalue weighted by Gasteiger charge is -2.10. The summed E-state index contributed by atoms with van der Waals surface area (Å²) in [6.07, 6.45) is -4.44. The molecule has 3 nitrogen and oxygen atoms in total. The zero-order chi connectivity index (χ0) is 12.3. The molecule has 0 saturated heterocycles. The molecule has 1 N–H and O–H groups in total. The van der Waals surface area contributed by atoms with Crippen LogP contribution in [0, 0.1) is 0 Å². The number of hydrogen-bond acceptors (Lipinski definition) is 4. The molecule has 0 unspecified atom stereocenters. The highest BCUT2D eigenvalue weighted by molar-refractivity contribution is 7.99. The van der Waals surface area contributed by atoms with Gasteiger partial charge in [-0.3, -0.25) is 0 Å². The number of aromatic nitrogens is 2. The van der Waals surface area contributed by atoms with Crippen molar-refractivity contribution >= 4 is 17.7 Å². The first-order chi connectivity index (χ1) is 7.32. The average Bonchev–Trinajstić information content (AvgIpc) is 2.14. The van der Waals surface area contributed by atoms with Gasteiger partial charge in [-0.2, -0.15) is 13.2 Å². The monoisotopic (exact) mass is 251 g/mol. The van der Waals surface area contributed by atoms with Crippen molar-refractivity contribution in [3.63, 3.8) is 0 Å². The van der Waals surface area contributed by atoms with Gasteiger partial charge in [0.05, 0.1) is 0 Å². The van der Waals surface area contributed by atoms with Crippen molar-refractivity contribution in [1.82, 2.24) is 9.97 Å². The Kier molecular flexibility index (Phi) is 4.01. The second-order valence-electron chi connectivity index (χ2n) is 3.33. The van der Waals surface area contributed by atoms with E-state index >= 15 is 0 Å². The van der Waals surface area contributed by atoms with Crippen LogP contribution in [-0.4, -0.2) is 22.3 Å². The molecule has 0 bridgehead atoms. The van der Waals surface area contributed by atoms with Crippen molar-refractivity contribution in [1.29, 1.82) is 0 Å². The van der Waals surface area contributed by atoms with Crippen LogP contribution in [-0.2, 0) is 6.18 Å². The van der Waals surface area contributed by atoms with Crippen molar-refractivity contribution < 1.29 is 13.2 Å². The molecule has 0 aliphatic rings. The first-order valence-electron chi connectivity index (χ1n) is 4.63. The summed E-state index contributed by atoms with van der Waals surface area (Å²) in [5, 5.41) is 3.01. The maximum absolute atomic E-state index is 12.5. The Morgan fingerprint density at radius 1 is 1.31 bits per heavy atom. The van der Waals surface area contributed by atoms with Crippen molar-refractivity contribution in [2.45, 2.75) is 30.3 Å². The van der Waals surface area contributed by atoms with E-state index in [4.69, 9.17) is 0 Å². The number of alkyl halides is 3. The van der Waals surface area contributed by atoms with Gasteiger partial charge in [-0.25, -0.2) is 9.97 Å². The molecule has 0 amide bonds. The SMILES string of the molecule is CNc1nc(SC(C)C)cc(C(F)(F)F)n1. The largest absolute Gasteiger partial charge is 0.433 e. The summed E-state index contributed by atoms with van der Waals surface area (Å²) in [5.41, 5.74) is -0.921. The molecular formula is C9H12F3N3S. The van der Waals surface area contributed by atoms with Crippen LogP contribution in [0.4, 0.5) is 19.1 Å². The fourth-order valence-electron chi connectivity index (χ4n) is 0.984. The first-order valence-corrected chi connectivity index (χ1v) is 5.51. The molecule has 16 heavy (non-hydrogen) atoms. The number of nitrogens with one attached hydrogen (secondary N) is 1. The molecule has 0 fully saturated rings. The third-order valence-electron chi connectivity index (χ3n) is 1.57. The van der Waals surface area contributed by atoms with Crippen LogP contribution < -0.4 is 5.32 Å². The third kappa shape index (κ3) is 3.55. The number of halogens is 3. The molecular weight excluding hydrogens is 239 g/mol. The number of rotatable bonds is 3. The molecule has 1 rings (SSSR count). The van der Waals surface area contributed by atoms with Gasteiger partial charge in [-0.1, -0.05) is 13.8 Å². The lowest BCUT2D eigenvalue weighted by molar-refractivity contribution is -0.141. The van der Waals surface area contributed by atoms with Gasteiger partial charge >= 0.3 is 6.18 Å². The van der Waals surface area contributed by atoms with Gasteiger partial charge in [0, 0.05) is 18.4 Å². The molecule has 1 aromatic heterocycles. The van der Waals surface area contributed by atoms with E-state index in [1.165, 1.54) is 18.8 Å². The van der Waals surface area contributed by atoms with Crippen molar-refractivity contribution in [2.24, 2.45) is 0 Å². The van der Waals surface area contributed by atoms with E-state index in [0.717, 1.165) is 6.07 Å². The van der Waals surface area contributed by atoms with E-state index in [-0.39, 0.29) is 11.2 Å². The third-order valence-corrected chi connectivity index (χ3v) is 2.50. The smallest absolute Gasteiger partial charge is 0.357 e. The van der Waals surface area contributed by atoms with Crippen LogP contribution in [0.1, 0.15) is 19.5 Å².